The van der Waals surface area contributed by atoms with Gasteiger partial charge in [0.2, 0.25) is 0 Å². The van der Waals surface area contributed by atoms with Gasteiger partial charge >= 0.3 is 5.97 Å². The fraction of sp³-hybridized carbons (Fsp3) is 0.321. The van der Waals surface area contributed by atoms with Gasteiger partial charge in [0.25, 0.3) is 0 Å². The number of hydrogen-bond donors (Lipinski definition) is 0. The van der Waals surface area contributed by atoms with E-state index in [9.17, 15) is 9.59 Å². The van der Waals surface area contributed by atoms with Gasteiger partial charge in [-0.15, -0.1) is 11.3 Å². The fourth-order valence-electron chi connectivity index (χ4n) is 4.50. The maximum atomic E-state index is 12.8. The Hall–Kier alpha value is -3.05. The topological polar surface area (TPSA) is 56.3 Å². The average Bonchev–Trinajstić information content (AvgIpc) is 3.20. The Morgan fingerprint density at radius 2 is 1.82 bits per heavy atom. The summed E-state index contributed by atoms with van der Waals surface area (Å²) in [4.78, 5) is 29.6. The number of fused-ring (bicyclic) bond motifs is 1. The van der Waals surface area contributed by atoms with E-state index in [1.807, 2.05) is 19.1 Å². The van der Waals surface area contributed by atoms with Gasteiger partial charge in [-0.05, 0) is 73.1 Å². The van der Waals surface area contributed by atoms with Crippen LogP contribution < -0.4 is 0 Å². The minimum Gasteiger partial charge on any atom is -0.462 e. The second-order valence-corrected chi connectivity index (χ2v) is 10.0. The summed E-state index contributed by atoms with van der Waals surface area (Å²) in [7, 11) is 0. The van der Waals surface area contributed by atoms with Crippen LogP contribution in [0.4, 0.5) is 0 Å². The predicted molar refractivity (Wildman–Crippen MR) is 133 cm³/mol. The van der Waals surface area contributed by atoms with E-state index in [-0.39, 0.29) is 17.2 Å². The van der Waals surface area contributed by atoms with Gasteiger partial charge in [0.05, 0.1) is 18.1 Å². The summed E-state index contributed by atoms with van der Waals surface area (Å²) in [6.07, 6.45) is 3.22. The molecule has 2 aromatic carbocycles. The van der Waals surface area contributed by atoms with Crippen molar-refractivity contribution < 1.29 is 14.3 Å². The predicted octanol–water partition coefficient (Wildman–Crippen LogP) is 6.46. The molecule has 1 aromatic heterocycles. The van der Waals surface area contributed by atoms with Crippen molar-refractivity contribution >= 4 is 28.7 Å². The molecule has 33 heavy (non-hydrogen) atoms. The number of carbonyl (C=O) groups excluding carboxylic acids is 2. The monoisotopic (exact) mass is 459 g/mol. The van der Waals surface area contributed by atoms with E-state index in [4.69, 9.17) is 9.72 Å². The maximum absolute atomic E-state index is 12.8. The number of esters is 1. The van der Waals surface area contributed by atoms with Crippen LogP contribution in [-0.2, 0) is 14.9 Å². The van der Waals surface area contributed by atoms with Gasteiger partial charge in [-0.25, -0.2) is 9.78 Å². The Bertz CT molecular complexity index is 1230. The standard InChI is InChI=1S/C28H29NO3S/c1-6-32-27(31)20-9-7-19(8-10-20)25(18(3)30)21-11-12-24-23(15-21)22(13-14-28(24,4)5)26-29-17(2)16-33-26/h7-13,15-16,25H,6,14H2,1-5H3. The highest BCUT2D eigenvalue weighted by molar-refractivity contribution is 7.10. The highest BCUT2D eigenvalue weighted by Crippen LogP contribution is 2.43. The first-order chi connectivity index (χ1) is 15.7. The third kappa shape index (κ3) is 4.55. The van der Waals surface area contributed by atoms with Crippen molar-refractivity contribution in [2.24, 2.45) is 0 Å². The molecule has 4 nitrogen and oxygen atoms in total. The number of ketones is 1. The Kier molecular flexibility index (Phi) is 6.35. The van der Waals surface area contributed by atoms with E-state index in [0.29, 0.717) is 12.2 Å². The zero-order valence-electron chi connectivity index (χ0n) is 19.8. The molecule has 0 radical (unpaired) electrons. The highest BCUT2D eigenvalue weighted by Gasteiger charge is 2.31. The maximum Gasteiger partial charge on any atom is 0.338 e. The average molecular weight is 460 g/mol. The summed E-state index contributed by atoms with van der Waals surface area (Å²) in [5, 5.41) is 3.09. The Balaban J connectivity index is 1.77. The second-order valence-electron chi connectivity index (χ2n) is 9.19. The van der Waals surface area contributed by atoms with Crippen molar-refractivity contribution in [3.8, 4) is 0 Å². The molecule has 1 aliphatic rings. The number of nitrogens with zero attached hydrogens (tertiary/aromatic N) is 1. The summed E-state index contributed by atoms with van der Waals surface area (Å²) < 4.78 is 5.08. The summed E-state index contributed by atoms with van der Waals surface area (Å²) >= 11 is 1.65. The van der Waals surface area contributed by atoms with Gasteiger partial charge in [-0.3, -0.25) is 4.79 Å². The molecule has 0 saturated heterocycles. The molecule has 0 N–H and O–H groups in total. The third-order valence-electron chi connectivity index (χ3n) is 6.22. The quantitative estimate of drug-likeness (QED) is 0.397. The molecule has 0 bridgehead atoms. The number of thiazole rings is 1. The summed E-state index contributed by atoms with van der Waals surface area (Å²) in [6.45, 7) is 10.2. The first-order valence-electron chi connectivity index (χ1n) is 11.3. The van der Waals surface area contributed by atoms with Crippen LogP contribution in [0.3, 0.4) is 0 Å². The van der Waals surface area contributed by atoms with Crippen LogP contribution in [0.25, 0.3) is 5.57 Å². The number of aromatic nitrogens is 1. The normalized spacial score (nSPS) is 15.4. The molecular weight excluding hydrogens is 430 g/mol. The van der Waals surface area contributed by atoms with E-state index in [0.717, 1.165) is 39.4 Å². The Morgan fingerprint density at radius 3 is 2.42 bits per heavy atom. The molecule has 1 aliphatic carbocycles. The molecule has 5 heteroatoms. The van der Waals surface area contributed by atoms with Crippen LogP contribution in [0, 0.1) is 6.92 Å². The Labute approximate surface area is 199 Å². The number of carbonyl (C=O) groups is 2. The first kappa shape index (κ1) is 23.1. The number of rotatable bonds is 6. The van der Waals surface area contributed by atoms with E-state index in [1.165, 1.54) is 5.56 Å². The smallest absolute Gasteiger partial charge is 0.338 e. The van der Waals surface area contributed by atoms with Crippen LogP contribution in [0.5, 0.6) is 0 Å². The molecule has 0 spiro atoms. The van der Waals surface area contributed by atoms with Crippen molar-refractivity contribution in [1.82, 2.24) is 4.98 Å². The fourth-order valence-corrected chi connectivity index (χ4v) is 5.35. The van der Waals surface area contributed by atoms with Crippen LogP contribution in [-0.4, -0.2) is 23.3 Å². The van der Waals surface area contributed by atoms with Gasteiger partial charge < -0.3 is 4.74 Å². The van der Waals surface area contributed by atoms with Crippen LogP contribution in [0.1, 0.15) is 83.3 Å². The Morgan fingerprint density at radius 1 is 1.12 bits per heavy atom. The molecule has 0 amide bonds. The van der Waals surface area contributed by atoms with Crippen molar-refractivity contribution in [2.45, 2.75) is 52.4 Å². The van der Waals surface area contributed by atoms with Gasteiger partial charge in [-0.2, -0.15) is 0 Å². The first-order valence-corrected chi connectivity index (χ1v) is 12.1. The van der Waals surface area contributed by atoms with Crippen molar-refractivity contribution in [3.05, 3.63) is 92.4 Å². The SMILES string of the molecule is CCOC(=O)c1ccc(C(C(C)=O)c2ccc3c(c2)C(c2nc(C)cs2)=CCC3(C)C)cc1. The molecule has 0 saturated carbocycles. The van der Waals surface area contributed by atoms with Crippen molar-refractivity contribution in [2.75, 3.05) is 6.61 Å². The second kappa shape index (κ2) is 9.06. The zero-order valence-corrected chi connectivity index (χ0v) is 20.6. The van der Waals surface area contributed by atoms with Gasteiger partial charge in [-0.1, -0.05) is 44.2 Å². The molecule has 1 unspecified atom stereocenters. The summed E-state index contributed by atoms with van der Waals surface area (Å²) in [5.74, 6) is -0.701. The lowest BCUT2D eigenvalue weighted by Crippen LogP contribution is -2.22. The molecule has 0 aliphatic heterocycles. The van der Waals surface area contributed by atoms with Gasteiger partial charge in [0.1, 0.15) is 10.8 Å². The van der Waals surface area contributed by atoms with Gasteiger partial charge in [0.15, 0.2) is 0 Å². The number of Topliss-reactive ketones (excluding diaryl/α,β-unsaturated/α-hetero) is 1. The number of hydrogen-bond acceptors (Lipinski definition) is 5. The number of ether oxygens (including phenoxy) is 1. The molecule has 1 heterocycles. The number of benzene rings is 2. The third-order valence-corrected chi connectivity index (χ3v) is 7.22. The van der Waals surface area contributed by atoms with Crippen LogP contribution in [0.15, 0.2) is 53.9 Å². The van der Waals surface area contributed by atoms with Crippen LogP contribution >= 0.6 is 11.3 Å². The van der Waals surface area contributed by atoms with E-state index < -0.39 is 5.92 Å². The summed E-state index contributed by atoms with van der Waals surface area (Å²) in [6, 6.07) is 13.6. The van der Waals surface area contributed by atoms with Gasteiger partial charge in [0, 0.05) is 16.6 Å². The van der Waals surface area contributed by atoms with Crippen LogP contribution in [0.2, 0.25) is 0 Å². The highest BCUT2D eigenvalue weighted by atomic mass is 32.1. The molecule has 0 fully saturated rings. The lowest BCUT2D eigenvalue weighted by molar-refractivity contribution is -0.117. The zero-order chi connectivity index (χ0) is 23.8. The van der Waals surface area contributed by atoms with Crippen molar-refractivity contribution in [3.63, 3.8) is 0 Å². The minimum absolute atomic E-state index is 0.0106. The molecule has 4 rings (SSSR count). The summed E-state index contributed by atoms with van der Waals surface area (Å²) in [5.41, 5.74) is 6.88. The number of allylic oxidation sites excluding steroid dienone is 1. The molecule has 3 aromatic rings. The van der Waals surface area contributed by atoms with E-state index in [2.05, 4.69) is 43.5 Å². The lowest BCUT2D eigenvalue weighted by Gasteiger charge is -2.32. The number of aryl methyl sites for hydroxylation is 1. The van der Waals surface area contributed by atoms with Crippen molar-refractivity contribution in [1.29, 1.82) is 0 Å². The van der Waals surface area contributed by atoms with E-state index >= 15 is 0 Å². The lowest BCUT2D eigenvalue weighted by atomic mass is 9.72. The molecular formula is C28H29NO3S. The largest absolute Gasteiger partial charge is 0.462 e. The van der Waals surface area contributed by atoms with E-state index in [1.54, 1.807) is 37.3 Å². The minimum atomic E-state index is -0.407. The molecule has 1 atom stereocenters. The molecule has 170 valence electrons.